The molecule has 0 aliphatic carbocycles. The summed E-state index contributed by atoms with van der Waals surface area (Å²) in [6.45, 7) is 2.29. The number of benzene rings is 6. The molecular weight excluding hydrogens is 642 g/mol. The lowest BCUT2D eigenvalue weighted by molar-refractivity contribution is -0.303. The summed E-state index contributed by atoms with van der Waals surface area (Å²) in [6.07, 6.45) is 5.09. The van der Waals surface area contributed by atoms with E-state index in [4.69, 9.17) is 19.8 Å². The molecule has 0 amide bonds. The summed E-state index contributed by atoms with van der Waals surface area (Å²) in [7, 11) is -2.03. The fourth-order valence-corrected chi connectivity index (χ4v) is 12.4. The van der Waals surface area contributed by atoms with Crippen LogP contribution in [0.1, 0.15) is 26.2 Å². The summed E-state index contributed by atoms with van der Waals surface area (Å²) in [6, 6.07) is 65.8. The van der Waals surface area contributed by atoms with Crippen LogP contribution in [0, 0.1) is 0 Å². The standard InChI is InChI=1S/C23H26P.C18H15P.C2H2O4/c1-2-3-13-20-24(21-14-7-4-8-15-21,22-16-9-5-10-17-22)23-18-11-6-12-19-23;1-4-10-16(11-5-1)19(17-12-6-2-7-13-17)18-14-8-3-9-15-18;3-1(4)2(5)6/h4-12,14-19H,2-3,13,20H2,1H3;1-15H;(H,3,4)(H,5,6)/q+1;;/p-1. The van der Waals surface area contributed by atoms with Gasteiger partial charge in [0, 0.05) is 0 Å². The van der Waals surface area contributed by atoms with Crippen LogP contribution >= 0.6 is 15.2 Å². The number of hydrogen-bond donors (Lipinski definition) is 1. The molecule has 0 saturated heterocycles. The molecule has 6 aromatic rings. The van der Waals surface area contributed by atoms with Crippen LogP contribution in [0.2, 0.25) is 0 Å². The second-order valence-electron chi connectivity index (χ2n) is 11.2. The molecule has 49 heavy (non-hydrogen) atoms. The highest BCUT2D eigenvalue weighted by molar-refractivity contribution is 7.95. The van der Waals surface area contributed by atoms with Crippen LogP contribution in [-0.2, 0) is 9.59 Å². The largest absolute Gasteiger partial charge is 0.539 e. The highest BCUT2D eigenvalue weighted by atomic mass is 31.2. The molecule has 0 bridgehead atoms. The molecule has 0 aliphatic rings. The Labute approximate surface area is 292 Å². The SMILES string of the molecule is CCCCC[P+](c1ccccc1)(c1ccccc1)c1ccccc1.O=C([O-])C(=O)O.c1ccc(P(c2ccccc2)c2ccccc2)cc1. The Morgan fingerprint density at radius 2 is 0.776 bits per heavy atom. The molecular formula is C43H42O4P2. The molecule has 248 valence electrons. The molecule has 0 unspecified atom stereocenters. The van der Waals surface area contributed by atoms with Gasteiger partial charge in [0.1, 0.15) is 23.2 Å². The van der Waals surface area contributed by atoms with Crippen LogP contribution in [-0.4, -0.2) is 23.2 Å². The van der Waals surface area contributed by atoms with E-state index in [0.717, 1.165) is 0 Å². The number of carbonyl (C=O) groups excluding carboxylic acids is 1. The van der Waals surface area contributed by atoms with Crippen molar-refractivity contribution in [2.45, 2.75) is 26.2 Å². The van der Waals surface area contributed by atoms with Crippen LogP contribution in [0.25, 0.3) is 0 Å². The van der Waals surface area contributed by atoms with E-state index in [-0.39, 0.29) is 0 Å². The summed E-state index contributed by atoms with van der Waals surface area (Å²) in [5.41, 5.74) is 0. The van der Waals surface area contributed by atoms with Crippen LogP contribution in [0.3, 0.4) is 0 Å². The first-order chi connectivity index (χ1) is 24.0. The van der Waals surface area contributed by atoms with Crippen LogP contribution < -0.4 is 36.9 Å². The third kappa shape index (κ3) is 10.6. The van der Waals surface area contributed by atoms with Crippen molar-refractivity contribution < 1.29 is 19.8 Å². The van der Waals surface area contributed by atoms with Gasteiger partial charge in [-0.2, -0.15) is 0 Å². The van der Waals surface area contributed by atoms with Gasteiger partial charge in [-0.15, -0.1) is 0 Å². The summed E-state index contributed by atoms with van der Waals surface area (Å²) in [5.74, 6) is -4.01. The van der Waals surface area contributed by atoms with Gasteiger partial charge in [0.15, 0.2) is 5.97 Å². The minimum absolute atomic E-state index is 0.446. The van der Waals surface area contributed by atoms with E-state index in [9.17, 15) is 0 Å². The molecule has 0 heterocycles. The zero-order chi connectivity index (χ0) is 34.7. The van der Waals surface area contributed by atoms with E-state index in [1.165, 1.54) is 57.3 Å². The third-order valence-electron chi connectivity index (χ3n) is 7.91. The molecule has 4 nitrogen and oxygen atoms in total. The smallest absolute Gasteiger partial charge is 0.351 e. The van der Waals surface area contributed by atoms with Gasteiger partial charge in [0.2, 0.25) is 0 Å². The first-order valence-electron chi connectivity index (χ1n) is 16.4. The van der Waals surface area contributed by atoms with Gasteiger partial charge in [0.05, 0.1) is 6.16 Å². The average molecular weight is 685 g/mol. The number of carboxylic acid groups (broad SMARTS) is 2. The lowest BCUT2D eigenvalue weighted by Crippen LogP contribution is -2.33. The fraction of sp³-hybridized carbons (Fsp3) is 0.116. The Bertz CT molecular complexity index is 1600. The first kappa shape index (κ1) is 36.9. The van der Waals surface area contributed by atoms with Gasteiger partial charge < -0.3 is 15.0 Å². The molecule has 6 aromatic carbocycles. The van der Waals surface area contributed by atoms with E-state index in [0.29, 0.717) is 0 Å². The Kier molecular flexibility index (Phi) is 14.9. The van der Waals surface area contributed by atoms with Gasteiger partial charge in [-0.25, -0.2) is 4.79 Å². The Hall–Kier alpha value is -4.88. The lowest BCUT2D eigenvalue weighted by Gasteiger charge is -2.27. The van der Waals surface area contributed by atoms with Gasteiger partial charge in [-0.05, 0) is 66.7 Å². The molecule has 0 aromatic heterocycles. The first-order valence-corrected chi connectivity index (χ1v) is 19.7. The molecule has 6 rings (SSSR count). The molecule has 6 heteroatoms. The number of hydrogen-bond acceptors (Lipinski definition) is 3. The summed E-state index contributed by atoms with van der Waals surface area (Å²) in [4.78, 5) is 18.0. The number of aliphatic carboxylic acids is 2. The van der Waals surface area contributed by atoms with Crippen molar-refractivity contribution in [3.63, 3.8) is 0 Å². The lowest BCUT2D eigenvalue weighted by atomic mass is 10.3. The molecule has 0 spiro atoms. The highest BCUT2D eigenvalue weighted by Gasteiger charge is 2.44. The highest BCUT2D eigenvalue weighted by Crippen LogP contribution is 2.55. The molecule has 0 saturated carbocycles. The number of carbonyl (C=O) groups is 2. The van der Waals surface area contributed by atoms with Crippen molar-refractivity contribution in [1.29, 1.82) is 0 Å². The van der Waals surface area contributed by atoms with E-state index >= 15 is 0 Å². The molecule has 0 radical (unpaired) electrons. The van der Waals surface area contributed by atoms with Crippen molar-refractivity contribution in [1.82, 2.24) is 0 Å². The van der Waals surface area contributed by atoms with Crippen molar-refractivity contribution in [3.8, 4) is 0 Å². The Morgan fingerprint density at radius 3 is 1.02 bits per heavy atom. The van der Waals surface area contributed by atoms with Gasteiger partial charge in [-0.1, -0.05) is 165 Å². The summed E-state index contributed by atoms with van der Waals surface area (Å²) >= 11 is 0. The van der Waals surface area contributed by atoms with Gasteiger partial charge in [0.25, 0.3) is 0 Å². The normalized spacial score (nSPS) is 10.6. The van der Waals surface area contributed by atoms with Crippen LogP contribution in [0.4, 0.5) is 0 Å². The minimum Gasteiger partial charge on any atom is -0.539 e. The predicted octanol–water partition coefficient (Wildman–Crippen LogP) is 6.44. The fourth-order valence-electron chi connectivity index (χ4n) is 5.66. The Morgan fingerprint density at radius 1 is 0.510 bits per heavy atom. The van der Waals surface area contributed by atoms with Crippen molar-refractivity contribution in [2.75, 3.05) is 6.16 Å². The second-order valence-corrected chi connectivity index (χ2v) is 17.0. The number of rotatable bonds is 10. The Balaban J connectivity index is 0.000000193. The van der Waals surface area contributed by atoms with Crippen LogP contribution in [0.15, 0.2) is 182 Å². The second kappa shape index (κ2) is 19.8. The van der Waals surface area contributed by atoms with E-state index < -0.39 is 27.1 Å². The molecule has 0 fully saturated rings. The van der Waals surface area contributed by atoms with Crippen molar-refractivity contribution in [2.24, 2.45) is 0 Å². The van der Waals surface area contributed by atoms with Crippen molar-refractivity contribution >= 4 is 58.9 Å². The molecule has 0 aliphatic heterocycles. The maximum atomic E-state index is 9.04. The van der Waals surface area contributed by atoms with E-state index in [1.807, 2.05) is 0 Å². The quantitative estimate of drug-likeness (QED) is 0.103. The minimum atomic E-state index is -2.07. The third-order valence-corrected chi connectivity index (χ3v) is 14.9. The summed E-state index contributed by atoms with van der Waals surface area (Å²) < 4.78 is 0. The maximum Gasteiger partial charge on any atom is 0.351 e. The zero-order valence-corrected chi connectivity index (χ0v) is 29.5. The molecule has 0 atom stereocenters. The topological polar surface area (TPSA) is 77.4 Å². The van der Waals surface area contributed by atoms with E-state index in [1.54, 1.807) is 0 Å². The summed E-state index contributed by atoms with van der Waals surface area (Å²) in [5, 5.41) is 25.0. The van der Waals surface area contributed by atoms with Crippen molar-refractivity contribution in [3.05, 3.63) is 182 Å². The monoisotopic (exact) mass is 684 g/mol. The zero-order valence-electron chi connectivity index (χ0n) is 27.7. The van der Waals surface area contributed by atoms with Gasteiger partial charge >= 0.3 is 5.97 Å². The molecule has 1 N–H and O–H groups in total. The van der Waals surface area contributed by atoms with Crippen LogP contribution in [0.5, 0.6) is 0 Å². The number of unbranched alkanes of at least 4 members (excludes halogenated alkanes) is 2. The number of carboxylic acids is 2. The van der Waals surface area contributed by atoms with Gasteiger partial charge in [-0.3, -0.25) is 0 Å². The average Bonchev–Trinajstić information content (AvgIpc) is 3.16. The van der Waals surface area contributed by atoms with E-state index in [2.05, 4.69) is 189 Å². The maximum absolute atomic E-state index is 9.04. The predicted molar refractivity (Wildman–Crippen MR) is 207 cm³/mol.